The summed E-state index contributed by atoms with van der Waals surface area (Å²) in [5, 5.41) is 3.82. The van der Waals surface area contributed by atoms with Gasteiger partial charge in [-0.3, -0.25) is 4.68 Å². The van der Waals surface area contributed by atoms with Crippen molar-refractivity contribution >= 4 is 0 Å². The van der Waals surface area contributed by atoms with Gasteiger partial charge in [0, 0.05) is 17.3 Å². The highest BCUT2D eigenvalue weighted by atomic mass is 19.4. The molecule has 0 spiro atoms. The van der Waals surface area contributed by atoms with Crippen LogP contribution >= 0.6 is 0 Å². The van der Waals surface area contributed by atoms with E-state index in [0.717, 1.165) is 12.0 Å². The van der Waals surface area contributed by atoms with Gasteiger partial charge in [0.1, 0.15) is 0 Å². The Morgan fingerprint density at radius 2 is 1.95 bits per heavy atom. The first-order valence-electron chi connectivity index (χ1n) is 6.93. The van der Waals surface area contributed by atoms with Crippen LogP contribution < -0.4 is 5.73 Å². The van der Waals surface area contributed by atoms with E-state index in [1.54, 1.807) is 0 Å². The molecule has 1 aliphatic carbocycles. The summed E-state index contributed by atoms with van der Waals surface area (Å²) in [7, 11) is 0. The summed E-state index contributed by atoms with van der Waals surface area (Å²) >= 11 is 0. The molecule has 1 aliphatic rings. The number of halogens is 3. The van der Waals surface area contributed by atoms with E-state index >= 15 is 0 Å². The summed E-state index contributed by atoms with van der Waals surface area (Å²) in [4.78, 5) is 0. The number of fused-ring (bicyclic) bond motifs is 1. The highest BCUT2D eigenvalue weighted by Gasteiger charge is 2.41. The van der Waals surface area contributed by atoms with Crippen molar-refractivity contribution in [2.24, 2.45) is 5.73 Å². The SMILES string of the molecule is NC1CCCc2c1c(C(F)(F)F)nn2Cc1ccccc1. The number of nitrogens with two attached hydrogens (primary N) is 1. The highest BCUT2D eigenvalue weighted by molar-refractivity contribution is 5.34. The van der Waals surface area contributed by atoms with Crippen LogP contribution in [0.3, 0.4) is 0 Å². The van der Waals surface area contributed by atoms with E-state index in [1.807, 2.05) is 30.3 Å². The first-order valence-corrected chi connectivity index (χ1v) is 6.93. The monoisotopic (exact) mass is 295 g/mol. The molecule has 0 fully saturated rings. The zero-order chi connectivity index (χ0) is 15.0. The fourth-order valence-electron chi connectivity index (χ4n) is 2.89. The number of benzene rings is 1. The molecule has 3 nitrogen and oxygen atoms in total. The van der Waals surface area contributed by atoms with E-state index in [0.29, 0.717) is 25.1 Å². The molecular formula is C15H16F3N3. The summed E-state index contributed by atoms with van der Waals surface area (Å²) < 4.78 is 41.0. The van der Waals surface area contributed by atoms with Crippen molar-refractivity contribution in [2.45, 2.75) is 38.0 Å². The molecule has 1 heterocycles. The molecule has 1 aromatic heterocycles. The predicted molar refractivity (Wildman–Crippen MR) is 72.6 cm³/mol. The Morgan fingerprint density at radius 3 is 2.62 bits per heavy atom. The lowest BCUT2D eigenvalue weighted by molar-refractivity contribution is -0.142. The lowest BCUT2D eigenvalue weighted by atomic mass is 9.91. The quantitative estimate of drug-likeness (QED) is 0.924. The van der Waals surface area contributed by atoms with Gasteiger partial charge in [0.2, 0.25) is 0 Å². The van der Waals surface area contributed by atoms with Crippen LogP contribution in [0, 0.1) is 0 Å². The first kappa shape index (κ1) is 14.1. The Morgan fingerprint density at radius 1 is 1.24 bits per heavy atom. The molecule has 1 unspecified atom stereocenters. The molecule has 0 saturated carbocycles. The lowest BCUT2D eigenvalue weighted by Crippen LogP contribution is -2.21. The second kappa shape index (κ2) is 5.18. The maximum atomic E-state index is 13.2. The number of nitrogens with zero attached hydrogens (tertiary/aromatic N) is 2. The number of rotatable bonds is 2. The maximum absolute atomic E-state index is 13.2. The number of aromatic nitrogens is 2. The molecule has 2 aromatic rings. The molecule has 0 radical (unpaired) electrons. The van der Waals surface area contributed by atoms with Crippen LogP contribution in [0.25, 0.3) is 0 Å². The van der Waals surface area contributed by atoms with Crippen molar-refractivity contribution in [2.75, 3.05) is 0 Å². The number of hydrogen-bond donors (Lipinski definition) is 1. The van der Waals surface area contributed by atoms with Crippen LogP contribution in [0.2, 0.25) is 0 Å². The molecule has 0 bridgehead atoms. The molecule has 21 heavy (non-hydrogen) atoms. The van der Waals surface area contributed by atoms with Gasteiger partial charge in [0.15, 0.2) is 5.69 Å². The van der Waals surface area contributed by atoms with Gasteiger partial charge in [-0.2, -0.15) is 18.3 Å². The second-order valence-electron chi connectivity index (χ2n) is 5.35. The van der Waals surface area contributed by atoms with E-state index in [4.69, 9.17) is 5.73 Å². The van der Waals surface area contributed by atoms with Gasteiger partial charge >= 0.3 is 6.18 Å². The van der Waals surface area contributed by atoms with Crippen molar-refractivity contribution in [3.8, 4) is 0 Å². The smallest absolute Gasteiger partial charge is 0.324 e. The summed E-state index contributed by atoms with van der Waals surface area (Å²) in [6, 6.07) is 8.78. The van der Waals surface area contributed by atoms with Crippen molar-refractivity contribution in [3.63, 3.8) is 0 Å². The Balaban J connectivity index is 2.05. The average Bonchev–Trinajstić information content (AvgIpc) is 2.80. The van der Waals surface area contributed by atoms with Crippen LogP contribution in [0.5, 0.6) is 0 Å². The minimum atomic E-state index is -4.46. The largest absolute Gasteiger partial charge is 0.435 e. The third-order valence-electron chi connectivity index (χ3n) is 3.84. The second-order valence-corrected chi connectivity index (χ2v) is 5.35. The number of hydrogen-bond acceptors (Lipinski definition) is 2. The van der Waals surface area contributed by atoms with Crippen LogP contribution in [-0.2, 0) is 19.1 Å². The first-order chi connectivity index (χ1) is 9.97. The van der Waals surface area contributed by atoms with Gasteiger partial charge < -0.3 is 5.73 Å². The Labute approximate surface area is 120 Å². The maximum Gasteiger partial charge on any atom is 0.435 e. The Bertz CT molecular complexity index is 632. The van der Waals surface area contributed by atoms with E-state index in [-0.39, 0.29) is 5.56 Å². The van der Waals surface area contributed by atoms with Crippen LogP contribution in [-0.4, -0.2) is 9.78 Å². The van der Waals surface area contributed by atoms with Gasteiger partial charge in [-0.15, -0.1) is 0 Å². The fourth-order valence-corrected chi connectivity index (χ4v) is 2.89. The zero-order valence-corrected chi connectivity index (χ0v) is 11.4. The van der Waals surface area contributed by atoms with E-state index in [2.05, 4.69) is 5.10 Å². The van der Waals surface area contributed by atoms with Crippen LogP contribution in [0.4, 0.5) is 13.2 Å². The predicted octanol–water partition coefficient (Wildman–Crippen LogP) is 3.29. The fraction of sp³-hybridized carbons (Fsp3) is 0.400. The lowest BCUT2D eigenvalue weighted by Gasteiger charge is -2.21. The number of alkyl halides is 3. The standard InChI is InChI=1S/C15H16F3N3/c16-15(17,18)14-13-11(19)7-4-8-12(13)21(20-14)9-10-5-2-1-3-6-10/h1-3,5-6,11H,4,7-9,19H2. The van der Waals surface area contributed by atoms with Gasteiger partial charge in [-0.05, 0) is 24.8 Å². The zero-order valence-electron chi connectivity index (χ0n) is 11.4. The minimum Gasteiger partial charge on any atom is -0.324 e. The molecular weight excluding hydrogens is 279 g/mol. The molecule has 2 N–H and O–H groups in total. The van der Waals surface area contributed by atoms with E-state index < -0.39 is 17.9 Å². The average molecular weight is 295 g/mol. The van der Waals surface area contributed by atoms with Crippen molar-refractivity contribution in [1.82, 2.24) is 9.78 Å². The Kier molecular flexibility index (Phi) is 3.49. The summed E-state index contributed by atoms with van der Waals surface area (Å²) in [6.45, 7) is 0.339. The third-order valence-corrected chi connectivity index (χ3v) is 3.84. The molecule has 6 heteroatoms. The minimum absolute atomic E-state index is 0.185. The molecule has 1 atom stereocenters. The van der Waals surface area contributed by atoms with Crippen molar-refractivity contribution in [3.05, 3.63) is 52.8 Å². The summed E-state index contributed by atoms with van der Waals surface area (Å²) in [5.74, 6) is 0. The topological polar surface area (TPSA) is 43.8 Å². The Hall–Kier alpha value is -1.82. The molecule has 3 rings (SSSR count). The normalized spacial score (nSPS) is 18.6. The van der Waals surface area contributed by atoms with Crippen molar-refractivity contribution < 1.29 is 13.2 Å². The van der Waals surface area contributed by atoms with Crippen molar-refractivity contribution in [1.29, 1.82) is 0 Å². The molecule has 0 aliphatic heterocycles. The van der Waals surface area contributed by atoms with Crippen LogP contribution in [0.15, 0.2) is 30.3 Å². The van der Waals surface area contributed by atoms with E-state index in [1.165, 1.54) is 4.68 Å². The summed E-state index contributed by atoms with van der Waals surface area (Å²) in [5.41, 5.74) is 6.82. The van der Waals surface area contributed by atoms with Gasteiger partial charge in [0.25, 0.3) is 0 Å². The van der Waals surface area contributed by atoms with Gasteiger partial charge in [-0.1, -0.05) is 30.3 Å². The molecule has 112 valence electrons. The van der Waals surface area contributed by atoms with E-state index in [9.17, 15) is 13.2 Å². The van der Waals surface area contributed by atoms with Gasteiger partial charge in [-0.25, -0.2) is 0 Å². The summed E-state index contributed by atoms with van der Waals surface area (Å²) in [6.07, 6.45) is -2.49. The molecule has 0 saturated heterocycles. The molecule has 0 amide bonds. The van der Waals surface area contributed by atoms with Gasteiger partial charge in [0.05, 0.1) is 6.54 Å². The molecule has 1 aromatic carbocycles. The van der Waals surface area contributed by atoms with Crippen LogP contribution in [0.1, 0.15) is 41.4 Å². The highest BCUT2D eigenvalue weighted by Crippen LogP contribution is 2.39. The third kappa shape index (κ3) is 2.68.